The van der Waals surface area contributed by atoms with Crippen LogP contribution in [0, 0.1) is 0 Å². The van der Waals surface area contributed by atoms with Gasteiger partial charge in [0.15, 0.2) is 0 Å². The normalized spacial score (nSPS) is 25.0. The van der Waals surface area contributed by atoms with Crippen LogP contribution in [0.2, 0.25) is 0 Å². The predicted octanol–water partition coefficient (Wildman–Crippen LogP) is 1.46. The van der Waals surface area contributed by atoms with Crippen molar-refractivity contribution in [3.8, 4) is 0 Å². The summed E-state index contributed by atoms with van der Waals surface area (Å²) in [7, 11) is 0. The Labute approximate surface area is 73.7 Å². The third kappa shape index (κ3) is 2.72. The third-order valence-electron chi connectivity index (χ3n) is 2.39. The largest absolute Gasteiger partial charge is 0.380 e. The highest BCUT2D eigenvalue weighted by Gasteiger charge is 2.23. The van der Waals surface area contributed by atoms with Crippen LogP contribution < -0.4 is 0 Å². The van der Waals surface area contributed by atoms with Crippen LogP contribution in [0.25, 0.3) is 0 Å². The number of alkyl halides is 1. The minimum absolute atomic E-state index is 0.234. The van der Waals surface area contributed by atoms with Gasteiger partial charge in [-0.3, -0.25) is 4.90 Å². The van der Waals surface area contributed by atoms with E-state index in [1.165, 1.54) is 12.8 Å². The van der Waals surface area contributed by atoms with Crippen molar-refractivity contribution >= 4 is 0 Å². The minimum atomic E-state index is -0.234. The molecule has 2 nitrogen and oxygen atoms in total. The molecule has 0 spiro atoms. The molecule has 72 valence electrons. The van der Waals surface area contributed by atoms with Crippen LogP contribution in [-0.4, -0.2) is 43.9 Å². The molecule has 1 saturated heterocycles. The van der Waals surface area contributed by atoms with E-state index in [0.29, 0.717) is 12.6 Å². The zero-order valence-electron chi connectivity index (χ0n) is 7.76. The molecule has 3 heteroatoms. The second-order valence-electron chi connectivity index (χ2n) is 3.18. The van der Waals surface area contributed by atoms with E-state index in [1.807, 2.05) is 6.92 Å². The Kier molecular flexibility index (Phi) is 4.54. The van der Waals surface area contributed by atoms with Crippen molar-refractivity contribution in [3.05, 3.63) is 0 Å². The summed E-state index contributed by atoms with van der Waals surface area (Å²) in [5.41, 5.74) is 0. The number of hydrogen-bond donors (Lipinski definition) is 0. The van der Waals surface area contributed by atoms with E-state index in [-0.39, 0.29) is 6.67 Å². The van der Waals surface area contributed by atoms with Gasteiger partial charge in [0.2, 0.25) is 0 Å². The van der Waals surface area contributed by atoms with Crippen molar-refractivity contribution in [2.45, 2.75) is 25.8 Å². The van der Waals surface area contributed by atoms with Crippen molar-refractivity contribution in [2.75, 3.05) is 33.0 Å². The van der Waals surface area contributed by atoms with E-state index in [4.69, 9.17) is 4.74 Å². The highest BCUT2D eigenvalue weighted by atomic mass is 19.1. The molecule has 1 aliphatic heterocycles. The molecule has 1 aliphatic rings. The third-order valence-corrected chi connectivity index (χ3v) is 2.39. The fourth-order valence-corrected chi connectivity index (χ4v) is 1.74. The maximum atomic E-state index is 12.1. The van der Waals surface area contributed by atoms with E-state index in [9.17, 15) is 4.39 Å². The van der Waals surface area contributed by atoms with Gasteiger partial charge in [0, 0.05) is 19.2 Å². The average molecular weight is 175 g/mol. The molecule has 1 heterocycles. The Morgan fingerprint density at radius 3 is 3.08 bits per heavy atom. The SMILES string of the molecule is CCOC[C@@H]1CCCN1CCF. The van der Waals surface area contributed by atoms with Crippen molar-refractivity contribution < 1.29 is 9.13 Å². The van der Waals surface area contributed by atoms with Gasteiger partial charge in [0.1, 0.15) is 6.67 Å². The lowest BCUT2D eigenvalue weighted by Gasteiger charge is -2.22. The molecule has 1 atom stereocenters. The van der Waals surface area contributed by atoms with E-state index >= 15 is 0 Å². The molecule has 0 bridgehead atoms. The van der Waals surface area contributed by atoms with E-state index in [2.05, 4.69) is 4.90 Å². The van der Waals surface area contributed by atoms with Gasteiger partial charge in [0.25, 0.3) is 0 Å². The van der Waals surface area contributed by atoms with Gasteiger partial charge in [-0.25, -0.2) is 4.39 Å². The molecule has 0 unspecified atom stereocenters. The zero-order valence-corrected chi connectivity index (χ0v) is 7.76. The molecule has 0 N–H and O–H groups in total. The molecule has 0 radical (unpaired) electrons. The lowest BCUT2D eigenvalue weighted by Crippen LogP contribution is -2.34. The van der Waals surface area contributed by atoms with Crippen LogP contribution in [0.3, 0.4) is 0 Å². The summed E-state index contributed by atoms with van der Waals surface area (Å²) in [6, 6.07) is 0.473. The molecule has 0 aromatic rings. The number of halogens is 1. The summed E-state index contributed by atoms with van der Waals surface area (Å²) >= 11 is 0. The summed E-state index contributed by atoms with van der Waals surface area (Å²) in [6.45, 7) is 4.92. The van der Waals surface area contributed by atoms with Crippen LogP contribution in [-0.2, 0) is 4.74 Å². The van der Waals surface area contributed by atoms with Crippen molar-refractivity contribution in [3.63, 3.8) is 0 Å². The Balaban J connectivity index is 2.20. The summed E-state index contributed by atoms with van der Waals surface area (Å²) in [5, 5.41) is 0. The van der Waals surface area contributed by atoms with Crippen LogP contribution in [0.4, 0.5) is 4.39 Å². The first-order chi connectivity index (χ1) is 5.88. The molecule has 12 heavy (non-hydrogen) atoms. The molecular weight excluding hydrogens is 157 g/mol. The number of rotatable bonds is 5. The summed E-state index contributed by atoms with van der Waals surface area (Å²) in [6.07, 6.45) is 2.36. The topological polar surface area (TPSA) is 12.5 Å². The van der Waals surface area contributed by atoms with Crippen LogP contribution >= 0.6 is 0 Å². The van der Waals surface area contributed by atoms with Gasteiger partial charge >= 0.3 is 0 Å². The molecule has 1 rings (SSSR count). The Morgan fingerprint density at radius 2 is 2.42 bits per heavy atom. The number of ether oxygens (including phenoxy) is 1. The van der Waals surface area contributed by atoms with E-state index in [0.717, 1.165) is 19.8 Å². The van der Waals surface area contributed by atoms with Crippen LogP contribution in [0.1, 0.15) is 19.8 Å². The smallest absolute Gasteiger partial charge is 0.102 e. The molecule has 0 saturated carbocycles. The second-order valence-corrected chi connectivity index (χ2v) is 3.18. The fourth-order valence-electron chi connectivity index (χ4n) is 1.74. The van der Waals surface area contributed by atoms with Gasteiger partial charge in [0.05, 0.1) is 6.61 Å². The summed E-state index contributed by atoms with van der Waals surface area (Å²) in [4.78, 5) is 2.19. The maximum absolute atomic E-state index is 12.1. The number of likely N-dealkylation sites (tertiary alicyclic amines) is 1. The first-order valence-corrected chi connectivity index (χ1v) is 4.76. The molecular formula is C9H18FNO. The van der Waals surface area contributed by atoms with Crippen LogP contribution in [0.15, 0.2) is 0 Å². The zero-order chi connectivity index (χ0) is 8.81. The number of hydrogen-bond acceptors (Lipinski definition) is 2. The Bertz CT molecular complexity index is 121. The molecule has 0 aromatic carbocycles. The molecule has 1 fully saturated rings. The average Bonchev–Trinajstić information content (AvgIpc) is 2.50. The first kappa shape index (κ1) is 9.93. The highest BCUT2D eigenvalue weighted by molar-refractivity contribution is 4.78. The van der Waals surface area contributed by atoms with Gasteiger partial charge in [-0.1, -0.05) is 0 Å². The van der Waals surface area contributed by atoms with Gasteiger partial charge < -0.3 is 4.74 Å². The highest BCUT2D eigenvalue weighted by Crippen LogP contribution is 2.16. The lowest BCUT2D eigenvalue weighted by molar-refractivity contribution is 0.0827. The quantitative estimate of drug-likeness (QED) is 0.627. The first-order valence-electron chi connectivity index (χ1n) is 4.76. The summed E-state index contributed by atoms with van der Waals surface area (Å²) in [5.74, 6) is 0. The second kappa shape index (κ2) is 5.49. The summed E-state index contributed by atoms with van der Waals surface area (Å²) < 4.78 is 17.4. The van der Waals surface area contributed by atoms with Crippen LogP contribution in [0.5, 0.6) is 0 Å². The Hall–Kier alpha value is -0.150. The maximum Gasteiger partial charge on any atom is 0.102 e. The Morgan fingerprint density at radius 1 is 1.58 bits per heavy atom. The van der Waals surface area contributed by atoms with E-state index in [1.54, 1.807) is 0 Å². The standard InChI is InChI=1S/C9H18FNO/c1-2-12-8-9-4-3-6-11(9)7-5-10/h9H,2-8H2,1H3/t9-/m0/s1. The molecule has 0 amide bonds. The molecule has 0 aromatic heterocycles. The van der Waals surface area contributed by atoms with E-state index < -0.39 is 0 Å². The van der Waals surface area contributed by atoms with Crippen molar-refractivity contribution in [2.24, 2.45) is 0 Å². The van der Waals surface area contributed by atoms with Gasteiger partial charge in [-0.05, 0) is 26.3 Å². The van der Waals surface area contributed by atoms with Gasteiger partial charge in [-0.2, -0.15) is 0 Å². The number of nitrogens with zero attached hydrogens (tertiary/aromatic N) is 1. The monoisotopic (exact) mass is 175 g/mol. The lowest BCUT2D eigenvalue weighted by atomic mass is 10.2. The predicted molar refractivity (Wildman–Crippen MR) is 47.1 cm³/mol. The van der Waals surface area contributed by atoms with Gasteiger partial charge in [-0.15, -0.1) is 0 Å². The van der Waals surface area contributed by atoms with Crippen molar-refractivity contribution in [1.82, 2.24) is 4.90 Å². The fraction of sp³-hybridized carbons (Fsp3) is 1.00. The minimum Gasteiger partial charge on any atom is -0.380 e. The van der Waals surface area contributed by atoms with Crippen molar-refractivity contribution in [1.29, 1.82) is 0 Å². The molecule has 0 aliphatic carbocycles.